The Balaban J connectivity index is 0.00000192. The van der Waals surface area contributed by atoms with Crippen LogP contribution in [0, 0.1) is 0 Å². The van der Waals surface area contributed by atoms with Crippen molar-refractivity contribution in [3.8, 4) is 0 Å². The normalized spacial score (nSPS) is 23.4. The molecule has 0 spiro atoms. The molecule has 148 valence electrons. The van der Waals surface area contributed by atoms with Crippen LogP contribution in [0.1, 0.15) is 24.0 Å². The zero-order valence-corrected chi connectivity index (χ0v) is 18.4. The van der Waals surface area contributed by atoms with E-state index in [0.29, 0.717) is 17.4 Å². The van der Waals surface area contributed by atoms with Crippen molar-refractivity contribution in [2.24, 2.45) is 0 Å². The highest BCUT2D eigenvalue weighted by Crippen LogP contribution is 2.46. The number of quaternary nitrogens is 1. The highest BCUT2D eigenvalue weighted by Gasteiger charge is 2.48. The molecule has 1 aromatic heterocycles. The molecule has 2 aromatic carbocycles. The summed E-state index contributed by atoms with van der Waals surface area (Å²) in [5.41, 5.74) is 3.72. The number of halogens is 1. The zero-order valence-electron chi connectivity index (χ0n) is 16.0. The molecule has 2 atom stereocenters. The van der Waals surface area contributed by atoms with E-state index in [-0.39, 0.29) is 22.7 Å². The number of hydrogen-bond donors (Lipinski definition) is 1. The van der Waals surface area contributed by atoms with Crippen LogP contribution in [0.15, 0.2) is 53.4 Å². The minimum absolute atomic E-state index is 0. The Labute approximate surface area is 176 Å². The first-order valence-corrected chi connectivity index (χ1v) is 11.4. The van der Waals surface area contributed by atoms with Crippen molar-refractivity contribution in [2.75, 3.05) is 19.3 Å². The molecule has 0 saturated carbocycles. The second kappa shape index (κ2) is 7.01. The predicted octanol–water partition coefficient (Wildman–Crippen LogP) is 0.844. The summed E-state index contributed by atoms with van der Waals surface area (Å²) < 4.78 is 26.2. The summed E-state index contributed by atoms with van der Waals surface area (Å²) in [6.07, 6.45) is 4.29. The molecule has 0 radical (unpaired) electrons. The number of aromatic nitrogens is 1. The lowest BCUT2D eigenvalue weighted by Crippen LogP contribution is -3.00. The van der Waals surface area contributed by atoms with E-state index in [0.717, 1.165) is 16.5 Å². The van der Waals surface area contributed by atoms with Gasteiger partial charge in [0.05, 0.1) is 35.8 Å². The van der Waals surface area contributed by atoms with Crippen molar-refractivity contribution < 1.29 is 25.4 Å². The first kappa shape index (κ1) is 19.7. The van der Waals surface area contributed by atoms with E-state index in [1.54, 1.807) is 24.3 Å². The maximum atomic E-state index is 12.6. The Hall–Kier alpha value is -1.63. The molecule has 5 rings (SSSR count). The molecular formula is C22H25BrN2O2S. The van der Waals surface area contributed by atoms with Gasteiger partial charge in [-0.2, -0.15) is 0 Å². The van der Waals surface area contributed by atoms with Gasteiger partial charge in [0.15, 0.2) is 9.84 Å². The van der Waals surface area contributed by atoms with E-state index in [1.807, 2.05) is 6.07 Å². The summed E-state index contributed by atoms with van der Waals surface area (Å²) in [5, 5.41) is 1.29. The van der Waals surface area contributed by atoms with E-state index in [9.17, 15) is 8.42 Å². The topological polar surface area (TPSA) is 49.9 Å². The monoisotopic (exact) mass is 460 g/mol. The molecule has 4 nitrogen and oxygen atoms in total. The standard InChI is InChI=1S/C22H25N2O2S.BrH/c1-24-12-5-6-17(24)15-20-19-14-16(9-10-21(19)23-22(20)24)11-13-27(25,26)18-7-3-2-4-8-18;/h2-4,7-10,14,17,23H,5-6,11-13,15H2,1H3;1H/q+1;/p-1. The average Bonchev–Trinajstić information content (AvgIpc) is 3.29. The number of hydrogen-bond acceptors (Lipinski definition) is 2. The number of benzene rings is 2. The first-order valence-electron chi connectivity index (χ1n) is 9.74. The Bertz CT molecular complexity index is 1120. The lowest BCUT2D eigenvalue weighted by molar-refractivity contribution is -0.00000785. The Morgan fingerprint density at radius 3 is 2.71 bits per heavy atom. The summed E-state index contributed by atoms with van der Waals surface area (Å²) in [6, 6.07) is 15.8. The van der Waals surface area contributed by atoms with Gasteiger partial charge in [0.25, 0.3) is 0 Å². The molecule has 0 bridgehead atoms. The predicted molar refractivity (Wildman–Crippen MR) is 110 cm³/mol. The van der Waals surface area contributed by atoms with E-state index in [4.69, 9.17) is 0 Å². The minimum Gasteiger partial charge on any atom is -1.00 e. The van der Waals surface area contributed by atoms with Crippen molar-refractivity contribution in [1.29, 1.82) is 0 Å². The molecular weight excluding hydrogens is 436 g/mol. The van der Waals surface area contributed by atoms with Crippen LogP contribution in [0.25, 0.3) is 10.9 Å². The number of H-pyrrole nitrogens is 1. The highest BCUT2D eigenvalue weighted by atomic mass is 79.9. The minimum atomic E-state index is -3.24. The van der Waals surface area contributed by atoms with E-state index in [2.05, 4.69) is 30.2 Å². The fourth-order valence-corrected chi connectivity index (χ4v) is 6.35. The summed E-state index contributed by atoms with van der Waals surface area (Å²) in [6.45, 7) is 1.21. The van der Waals surface area contributed by atoms with Crippen LogP contribution in [0.5, 0.6) is 0 Å². The molecule has 2 aliphatic rings. The van der Waals surface area contributed by atoms with Crippen LogP contribution in [0.2, 0.25) is 0 Å². The lowest BCUT2D eigenvalue weighted by Gasteiger charge is -2.28. The van der Waals surface area contributed by atoms with Crippen LogP contribution in [0.4, 0.5) is 5.82 Å². The molecule has 2 unspecified atom stereocenters. The largest absolute Gasteiger partial charge is 1.00 e. The molecule has 3 aromatic rings. The Morgan fingerprint density at radius 1 is 1.14 bits per heavy atom. The smallest absolute Gasteiger partial charge is 0.209 e. The number of aromatic amines is 1. The fraction of sp³-hybridized carbons (Fsp3) is 0.364. The molecule has 28 heavy (non-hydrogen) atoms. The van der Waals surface area contributed by atoms with Crippen molar-refractivity contribution in [3.63, 3.8) is 0 Å². The van der Waals surface area contributed by atoms with Crippen molar-refractivity contribution in [2.45, 2.75) is 36.6 Å². The van der Waals surface area contributed by atoms with E-state index in [1.165, 1.54) is 41.7 Å². The fourth-order valence-electron chi connectivity index (χ4n) is 5.03. The highest BCUT2D eigenvalue weighted by molar-refractivity contribution is 7.91. The summed E-state index contributed by atoms with van der Waals surface area (Å²) in [4.78, 5) is 4.08. The quantitative estimate of drug-likeness (QED) is 0.586. The van der Waals surface area contributed by atoms with Gasteiger partial charge >= 0.3 is 0 Å². The Kier molecular flexibility index (Phi) is 4.92. The number of fused-ring (bicyclic) bond motifs is 5. The van der Waals surface area contributed by atoms with Gasteiger partial charge in [-0.3, -0.25) is 4.48 Å². The van der Waals surface area contributed by atoms with Gasteiger partial charge < -0.3 is 22.0 Å². The van der Waals surface area contributed by atoms with Crippen molar-refractivity contribution in [1.82, 2.24) is 9.47 Å². The third-order valence-electron chi connectivity index (χ3n) is 6.63. The van der Waals surface area contributed by atoms with Crippen LogP contribution in [-0.2, 0) is 22.7 Å². The molecule has 1 N–H and O–H groups in total. The summed E-state index contributed by atoms with van der Waals surface area (Å²) in [5.74, 6) is 1.52. The van der Waals surface area contributed by atoms with Crippen molar-refractivity contribution in [3.05, 3.63) is 59.7 Å². The van der Waals surface area contributed by atoms with Gasteiger partial charge in [-0.1, -0.05) is 24.3 Å². The average molecular weight is 461 g/mol. The van der Waals surface area contributed by atoms with Crippen LogP contribution in [-0.4, -0.2) is 38.8 Å². The molecule has 3 heterocycles. The lowest BCUT2D eigenvalue weighted by atomic mass is 10.0. The van der Waals surface area contributed by atoms with Gasteiger partial charge in [-0.05, 0) is 36.2 Å². The third-order valence-corrected chi connectivity index (χ3v) is 8.36. The number of aryl methyl sites for hydroxylation is 1. The zero-order chi connectivity index (χ0) is 18.6. The summed E-state index contributed by atoms with van der Waals surface area (Å²) in [7, 11) is -0.890. The van der Waals surface area contributed by atoms with Crippen LogP contribution >= 0.6 is 0 Å². The molecule has 0 aliphatic carbocycles. The second-order valence-electron chi connectivity index (χ2n) is 8.21. The van der Waals surface area contributed by atoms with Crippen molar-refractivity contribution >= 4 is 26.6 Å². The van der Waals surface area contributed by atoms with E-state index < -0.39 is 9.84 Å². The number of rotatable bonds is 4. The van der Waals surface area contributed by atoms with Gasteiger partial charge in [-0.15, -0.1) is 0 Å². The maximum Gasteiger partial charge on any atom is 0.209 e. The summed E-state index contributed by atoms with van der Waals surface area (Å²) >= 11 is 0. The number of nitrogens with zero attached hydrogens (tertiary/aromatic N) is 1. The first-order chi connectivity index (χ1) is 13.0. The SMILES string of the molecule is C[N+]12CCCC1Cc1c2[nH]c2ccc(CCS(=O)(=O)c3ccccc3)cc12.[Br-]. The molecule has 0 amide bonds. The second-order valence-corrected chi connectivity index (χ2v) is 10.3. The van der Waals surface area contributed by atoms with Crippen LogP contribution < -0.4 is 21.5 Å². The van der Waals surface area contributed by atoms with Gasteiger partial charge in [0.2, 0.25) is 5.82 Å². The number of likely N-dealkylation sites (N-methyl/N-ethyl adjacent to an activating group) is 1. The van der Waals surface area contributed by atoms with Crippen LogP contribution in [0.3, 0.4) is 0 Å². The molecule has 1 saturated heterocycles. The maximum absolute atomic E-state index is 12.6. The van der Waals surface area contributed by atoms with Gasteiger partial charge in [0, 0.05) is 30.2 Å². The Morgan fingerprint density at radius 2 is 1.93 bits per heavy atom. The van der Waals surface area contributed by atoms with Gasteiger partial charge in [-0.25, -0.2) is 8.42 Å². The van der Waals surface area contributed by atoms with Gasteiger partial charge in [0.1, 0.15) is 0 Å². The molecule has 6 heteroatoms. The van der Waals surface area contributed by atoms with E-state index >= 15 is 0 Å². The number of sulfone groups is 1. The molecule has 1 fully saturated rings. The number of nitrogens with one attached hydrogen (secondary N) is 1. The molecule has 2 aliphatic heterocycles. The third kappa shape index (κ3) is 3.02.